The number of aromatic nitrogens is 2. The largest absolute Gasteiger partial charge is 0.492 e. The van der Waals surface area contributed by atoms with Crippen LogP contribution in [0.5, 0.6) is 5.75 Å². The number of aliphatic carboxylic acids is 1. The van der Waals surface area contributed by atoms with E-state index in [1.165, 1.54) is 42.5 Å². The Morgan fingerprint density at radius 3 is 2.25 bits per heavy atom. The van der Waals surface area contributed by atoms with Crippen LogP contribution in [-0.4, -0.2) is 79.7 Å². The molecule has 2 aliphatic rings. The summed E-state index contributed by atoms with van der Waals surface area (Å²) in [6.45, 7) is 3.88. The third kappa shape index (κ3) is 11.9. The molecule has 52 heavy (non-hydrogen) atoms. The maximum Gasteiger partial charge on any atom is 0.335 e. The SMILES string of the molecule is O=C(O)CC/C=C\CC[C@@H]1[C@@H](N2CCCCC2)[C@@H](O)C[C@@H]1OCc1ccc(-c2ccccc2)cc1.O=C(O)c1ccc(OCCn2ccnc2)cc1. The molecule has 0 amide bonds. The van der Waals surface area contributed by atoms with Crippen LogP contribution in [0, 0.1) is 5.92 Å². The Balaban J connectivity index is 0.000000257. The normalized spacial score (nSPS) is 20.3. The summed E-state index contributed by atoms with van der Waals surface area (Å²) >= 11 is 0. The number of allylic oxidation sites excluding steroid dienone is 2. The minimum Gasteiger partial charge on any atom is -0.492 e. The fourth-order valence-electron chi connectivity index (χ4n) is 7.08. The molecule has 1 aliphatic carbocycles. The van der Waals surface area contributed by atoms with Crippen LogP contribution in [0.1, 0.15) is 67.3 Å². The molecule has 0 spiro atoms. The van der Waals surface area contributed by atoms with Crippen LogP contribution in [0.15, 0.2) is 110 Å². The third-order valence-electron chi connectivity index (χ3n) is 9.76. The Morgan fingerprint density at radius 1 is 0.865 bits per heavy atom. The van der Waals surface area contributed by atoms with E-state index in [2.05, 4.69) is 64.5 Å². The van der Waals surface area contributed by atoms with Crippen molar-refractivity contribution in [2.45, 2.75) is 82.8 Å². The van der Waals surface area contributed by atoms with Gasteiger partial charge < -0.3 is 29.4 Å². The van der Waals surface area contributed by atoms with Crippen molar-refractivity contribution in [3.63, 3.8) is 0 Å². The van der Waals surface area contributed by atoms with Crippen molar-refractivity contribution in [2.75, 3.05) is 19.7 Å². The van der Waals surface area contributed by atoms with Gasteiger partial charge in [0.2, 0.25) is 0 Å². The summed E-state index contributed by atoms with van der Waals surface area (Å²) in [5.41, 5.74) is 3.81. The molecule has 0 radical (unpaired) electrons. The highest BCUT2D eigenvalue weighted by Crippen LogP contribution is 2.38. The number of aromatic carboxylic acids is 1. The van der Waals surface area contributed by atoms with Gasteiger partial charge >= 0.3 is 11.9 Å². The zero-order valence-corrected chi connectivity index (χ0v) is 29.7. The number of carbonyl (C=O) groups is 2. The van der Waals surface area contributed by atoms with E-state index >= 15 is 0 Å². The Bertz CT molecular complexity index is 1650. The van der Waals surface area contributed by atoms with Gasteiger partial charge in [-0.15, -0.1) is 0 Å². The van der Waals surface area contributed by atoms with Crippen LogP contribution in [0.25, 0.3) is 11.1 Å². The van der Waals surface area contributed by atoms with Crippen molar-refractivity contribution in [3.05, 3.63) is 121 Å². The van der Waals surface area contributed by atoms with Gasteiger partial charge in [0.15, 0.2) is 0 Å². The van der Waals surface area contributed by atoms with Crippen molar-refractivity contribution in [2.24, 2.45) is 5.92 Å². The molecular weight excluding hydrogens is 658 g/mol. The number of aliphatic hydroxyl groups is 1. The van der Waals surface area contributed by atoms with Crippen molar-refractivity contribution in [1.29, 1.82) is 0 Å². The minimum absolute atomic E-state index is 0.0261. The number of carboxylic acid groups (broad SMARTS) is 2. The summed E-state index contributed by atoms with van der Waals surface area (Å²) < 4.78 is 13.8. The molecule has 3 aromatic carbocycles. The summed E-state index contributed by atoms with van der Waals surface area (Å²) in [7, 11) is 0. The number of benzene rings is 3. The average Bonchev–Trinajstić information content (AvgIpc) is 3.80. The first-order chi connectivity index (χ1) is 25.4. The lowest BCUT2D eigenvalue weighted by Crippen LogP contribution is -2.47. The first-order valence-electron chi connectivity index (χ1n) is 18.3. The molecule has 1 saturated heterocycles. The lowest BCUT2D eigenvalue weighted by atomic mass is 9.92. The molecule has 2 fully saturated rings. The van der Waals surface area contributed by atoms with Crippen LogP contribution in [-0.2, 0) is 22.7 Å². The van der Waals surface area contributed by atoms with Crippen LogP contribution in [0.3, 0.4) is 0 Å². The van der Waals surface area contributed by atoms with E-state index < -0.39 is 11.9 Å². The van der Waals surface area contributed by atoms with Gasteiger partial charge in [-0.05, 0) is 86.1 Å². The fourth-order valence-corrected chi connectivity index (χ4v) is 7.08. The molecule has 3 N–H and O–H groups in total. The number of carboxylic acids is 2. The molecule has 10 heteroatoms. The number of piperidine rings is 1. The highest BCUT2D eigenvalue weighted by Gasteiger charge is 2.45. The predicted octanol–water partition coefficient (Wildman–Crippen LogP) is 7.34. The van der Waals surface area contributed by atoms with Gasteiger partial charge in [0, 0.05) is 37.2 Å². The van der Waals surface area contributed by atoms with Crippen molar-refractivity contribution >= 4 is 11.9 Å². The number of rotatable bonds is 16. The third-order valence-corrected chi connectivity index (χ3v) is 9.76. The summed E-state index contributed by atoms with van der Waals surface area (Å²) in [6, 6.07) is 25.4. The number of likely N-dealkylation sites (tertiary alicyclic amines) is 1. The molecule has 6 rings (SSSR count). The first kappa shape index (κ1) is 38.5. The Hall–Kier alpha value is -4.77. The van der Waals surface area contributed by atoms with E-state index in [0.717, 1.165) is 31.5 Å². The molecule has 4 atom stereocenters. The van der Waals surface area contributed by atoms with Crippen LogP contribution < -0.4 is 4.74 Å². The van der Waals surface area contributed by atoms with E-state index in [1.54, 1.807) is 24.7 Å². The van der Waals surface area contributed by atoms with E-state index in [-0.39, 0.29) is 36.2 Å². The summed E-state index contributed by atoms with van der Waals surface area (Å²) in [4.78, 5) is 27.8. The number of imidazole rings is 1. The van der Waals surface area contributed by atoms with Gasteiger partial charge in [-0.1, -0.05) is 73.2 Å². The number of hydrogen-bond acceptors (Lipinski definition) is 7. The van der Waals surface area contributed by atoms with Gasteiger partial charge in [0.05, 0.1) is 37.3 Å². The van der Waals surface area contributed by atoms with E-state index in [0.29, 0.717) is 38.3 Å². The number of hydrogen-bond donors (Lipinski definition) is 3. The van der Waals surface area contributed by atoms with E-state index in [1.807, 2.05) is 22.9 Å². The molecule has 0 unspecified atom stereocenters. The maximum absolute atomic E-state index is 11.0. The van der Waals surface area contributed by atoms with Crippen LogP contribution in [0.2, 0.25) is 0 Å². The highest BCUT2D eigenvalue weighted by atomic mass is 16.5. The topological polar surface area (TPSA) is 134 Å². The van der Waals surface area contributed by atoms with Gasteiger partial charge in [-0.3, -0.25) is 9.69 Å². The highest BCUT2D eigenvalue weighted by molar-refractivity contribution is 5.87. The lowest BCUT2D eigenvalue weighted by molar-refractivity contribution is -0.136. The number of aliphatic hydroxyl groups excluding tert-OH is 1. The average molecular weight is 710 g/mol. The second-order valence-electron chi connectivity index (χ2n) is 13.4. The van der Waals surface area contributed by atoms with Crippen molar-refractivity contribution in [1.82, 2.24) is 14.5 Å². The summed E-state index contributed by atoms with van der Waals surface area (Å²) in [6.07, 6.45) is 15.9. The van der Waals surface area contributed by atoms with Crippen molar-refractivity contribution < 1.29 is 34.4 Å². The molecular formula is C42H51N3O7. The standard InChI is InChI=1S/C30H39NO4.C12H12N2O3/c32-27-21-28(35-22-23-15-17-25(18-16-23)24-11-5-3-6-12-24)26(13-7-1-2-8-14-29(33)34)30(27)31-19-9-4-10-20-31;15-12(16)10-1-3-11(4-2-10)17-8-7-14-6-5-13-9-14/h1-3,5-6,11-12,15-18,26-28,30,32H,4,7-10,13-14,19-22H2,(H,33,34);1-6,9H,7-8H2,(H,15,16)/b2-1-;/t26-,27-,28-,30+;/m0./s1. The zero-order chi connectivity index (χ0) is 36.5. The summed E-state index contributed by atoms with van der Waals surface area (Å²) in [5.74, 6) is -0.759. The van der Waals surface area contributed by atoms with Crippen LogP contribution >= 0.6 is 0 Å². The van der Waals surface area contributed by atoms with Gasteiger partial charge in [-0.2, -0.15) is 0 Å². The molecule has 4 aromatic rings. The maximum atomic E-state index is 11.0. The zero-order valence-electron chi connectivity index (χ0n) is 29.7. The predicted molar refractivity (Wildman–Crippen MR) is 200 cm³/mol. The molecule has 276 valence electrons. The first-order valence-corrected chi connectivity index (χ1v) is 18.3. The smallest absolute Gasteiger partial charge is 0.335 e. The Kier molecular flexibility index (Phi) is 15.0. The minimum atomic E-state index is -0.935. The fraction of sp³-hybridized carbons (Fsp3) is 0.405. The quantitative estimate of drug-likeness (QED) is 0.102. The second kappa shape index (κ2) is 20.3. The lowest BCUT2D eigenvalue weighted by Gasteiger charge is -2.38. The van der Waals surface area contributed by atoms with E-state index in [4.69, 9.17) is 19.7 Å². The van der Waals surface area contributed by atoms with E-state index in [9.17, 15) is 14.7 Å². The van der Waals surface area contributed by atoms with Crippen molar-refractivity contribution in [3.8, 4) is 16.9 Å². The number of nitrogens with zero attached hydrogens (tertiary/aromatic N) is 3. The Labute approximate surface area is 306 Å². The molecule has 1 aromatic heterocycles. The van der Waals surface area contributed by atoms with Gasteiger partial charge in [-0.25, -0.2) is 9.78 Å². The summed E-state index contributed by atoms with van der Waals surface area (Å²) in [5, 5.41) is 28.6. The number of ether oxygens (including phenoxy) is 2. The van der Waals surface area contributed by atoms with Gasteiger partial charge in [0.1, 0.15) is 12.4 Å². The molecule has 10 nitrogen and oxygen atoms in total. The van der Waals surface area contributed by atoms with Gasteiger partial charge in [0.25, 0.3) is 0 Å². The molecule has 1 aliphatic heterocycles. The molecule has 1 saturated carbocycles. The molecule has 0 bridgehead atoms. The Morgan fingerprint density at radius 2 is 1.58 bits per heavy atom. The molecule has 2 heterocycles. The monoisotopic (exact) mass is 709 g/mol. The van der Waals surface area contributed by atoms with Crippen LogP contribution in [0.4, 0.5) is 0 Å². The second-order valence-corrected chi connectivity index (χ2v) is 13.4.